The van der Waals surface area contributed by atoms with Crippen LogP contribution in [-0.2, 0) is 5.41 Å². The highest BCUT2D eigenvalue weighted by molar-refractivity contribution is 5.69. The fourth-order valence-corrected chi connectivity index (χ4v) is 4.91. The Morgan fingerprint density at radius 2 is 1.74 bits per heavy atom. The van der Waals surface area contributed by atoms with Crippen molar-refractivity contribution in [2.75, 3.05) is 10.6 Å². The van der Waals surface area contributed by atoms with Crippen molar-refractivity contribution < 1.29 is 4.52 Å². The highest BCUT2D eigenvalue weighted by Gasteiger charge is 2.33. The molecule has 31 heavy (non-hydrogen) atoms. The summed E-state index contributed by atoms with van der Waals surface area (Å²) in [4.78, 5) is 9.58. The average molecular weight is 418 g/mol. The Morgan fingerprint density at radius 1 is 1.00 bits per heavy atom. The number of hydrogen-bond donors (Lipinski definition) is 2. The summed E-state index contributed by atoms with van der Waals surface area (Å²) in [6.07, 6.45) is 8.81. The molecule has 2 N–H and O–H groups in total. The molecular formula is C25H31N5O. The molecule has 0 spiro atoms. The summed E-state index contributed by atoms with van der Waals surface area (Å²) in [5, 5.41) is 11.1. The van der Waals surface area contributed by atoms with E-state index in [1.54, 1.807) is 0 Å². The molecule has 2 fully saturated rings. The molecule has 162 valence electrons. The summed E-state index contributed by atoms with van der Waals surface area (Å²) in [5.74, 6) is 2.20. The summed E-state index contributed by atoms with van der Waals surface area (Å²) in [6.45, 7) is 6.23. The highest BCUT2D eigenvalue weighted by atomic mass is 16.5. The highest BCUT2D eigenvalue weighted by Crippen LogP contribution is 2.43. The number of benzene rings is 1. The smallest absolute Gasteiger partial charge is 0.229 e. The minimum Gasteiger partial charge on any atom is -0.367 e. The van der Waals surface area contributed by atoms with E-state index in [0.29, 0.717) is 17.4 Å². The van der Waals surface area contributed by atoms with Crippen LogP contribution in [0.5, 0.6) is 0 Å². The molecule has 0 unspecified atom stereocenters. The van der Waals surface area contributed by atoms with Crippen LogP contribution in [0.4, 0.5) is 17.5 Å². The molecule has 2 saturated carbocycles. The van der Waals surface area contributed by atoms with Crippen LogP contribution in [0.2, 0.25) is 0 Å². The van der Waals surface area contributed by atoms with Crippen LogP contribution in [0, 0.1) is 13.8 Å². The molecular weight excluding hydrogens is 386 g/mol. The third-order valence-corrected chi connectivity index (χ3v) is 7.02. The molecule has 0 amide bonds. The number of nitrogens with zero attached hydrogens (tertiary/aromatic N) is 3. The van der Waals surface area contributed by atoms with E-state index in [1.165, 1.54) is 50.5 Å². The zero-order valence-corrected chi connectivity index (χ0v) is 18.7. The number of nitrogens with one attached hydrogen (secondary N) is 2. The summed E-state index contributed by atoms with van der Waals surface area (Å²) >= 11 is 0. The fraction of sp³-hybridized carbons (Fsp3) is 0.480. The molecule has 2 aliphatic carbocycles. The van der Waals surface area contributed by atoms with Gasteiger partial charge in [-0.05, 0) is 62.6 Å². The van der Waals surface area contributed by atoms with Gasteiger partial charge >= 0.3 is 0 Å². The molecule has 5 rings (SSSR count). The first-order chi connectivity index (χ1) is 15.0. The van der Waals surface area contributed by atoms with E-state index in [2.05, 4.69) is 47.0 Å². The molecule has 2 heterocycles. The van der Waals surface area contributed by atoms with E-state index >= 15 is 0 Å². The SMILES string of the molecule is Cc1noc(C)c1-c1cc(NC2CCCC2)nc(Nc2ccc(C3(C)CCC3)cc2)n1. The second-order valence-corrected chi connectivity index (χ2v) is 9.40. The second kappa shape index (κ2) is 7.98. The Labute approximate surface area is 183 Å². The van der Waals surface area contributed by atoms with Gasteiger partial charge in [-0.3, -0.25) is 0 Å². The van der Waals surface area contributed by atoms with E-state index < -0.39 is 0 Å². The van der Waals surface area contributed by atoms with Gasteiger partial charge in [-0.1, -0.05) is 43.5 Å². The first kappa shape index (κ1) is 20.0. The predicted octanol–water partition coefficient (Wildman–Crippen LogP) is 6.29. The van der Waals surface area contributed by atoms with Crippen LogP contribution in [0.3, 0.4) is 0 Å². The lowest BCUT2D eigenvalue weighted by atomic mass is 9.66. The molecule has 0 bridgehead atoms. The summed E-state index contributed by atoms with van der Waals surface area (Å²) in [6, 6.07) is 11.2. The largest absolute Gasteiger partial charge is 0.367 e. The van der Waals surface area contributed by atoms with Crippen molar-refractivity contribution in [1.82, 2.24) is 15.1 Å². The molecule has 0 saturated heterocycles. The van der Waals surface area contributed by atoms with Gasteiger partial charge in [-0.25, -0.2) is 4.98 Å². The Hall–Kier alpha value is -2.89. The van der Waals surface area contributed by atoms with Crippen molar-refractivity contribution in [2.45, 2.75) is 77.2 Å². The van der Waals surface area contributed by atoms with Crippen LogP contribution in [-0.4, -0.2) is 21.2 Å². The third kappa shape index (κ3) is 4.03. The van der Waals surface area contributed by atoms with Crippen molar-refractivity contribution in [3.63, 3.8) is 0 Å². The Kier molecular flexibility index (Phi) is 5.16. The van der Waals surface area contributed by atoms with Crippen molar-refractivity contribution in [3.05, 3.63) is 47.3 Å². The number of aryl methyl sites for hydroxylation is 2. The van der Waals surface area contributed by atoms with Gasteiger partial charge in [0.15, 0.2) is 0 Å². The molecule has 1 aromatic carbocycles. The lowest BCUT2D eigenvalue weighted by Crippen LogP contribution is -2.30. The average Bonchev–Trinajstić information content (AvgIpc) is 3.36. The molecule has 2 aromatic heterocycles. The minimum atomic E-state index is 0.344. The number of aromatic nitrogens is 3. The lowest BCUT2D eigenvalue weighted by Gasteiger charge is -2.39. The van der Waals surface area contributed by atoms with Gasteiger partial charge in [-0.2, -0.15) is 4.98 Å². The van der Waals surface area contributed by atoms with Crippen LogP contribution < -0.4 is 10.6 Å². The van der Waals surface area contributed by atoms with Crippen LogP contribution in [0.25, 0.3) is 11.3 Å². The summed E-state index contributed by atoms with van der Waals surface area (Å²) < 4.78 is 5.39. The van der Waals surface area contributed by atoms with Gasteiger partial charge < -0.3 is 15.2 Å². The van der Waals surface area contributed by atoms with Crippen LogP contribution in [0.1, 0.15) is 68.9 Å². The third-order valence-electron chi connectivity index (χ3n) is 7.02. The Bertz CT molecular complexity index is 1040. The Morgan fingerprint density at radius 3 is 2.35 bits per heavy atom. The maximum Gasteiger partial charge on any atom is 0.229 e. The molecule has 0 radical (unpaired) electrons. The number of anilines is 3. The Balaban J connectivity index is 1.44. The monoisotopic (exact) mass is 417 g/mol. The van der Waals surface area contributed by atoms with Gasteiger partial charge in [0.05, 0.1) is 17.0 Å². The van der Waals surface area contributed by atoms with E-state index in [-0.39, 0.29) is 0 Å². The van der Waals surface area contributed by atoms with Gasteiger partial charge in [-0.15, -0.1) is 0 Å². The first-order valence-corrected chi connectivity index (χ1v) is 11.5. The topological polar surface area (TPSA) is 75.9 Å². The van der Waals surface area contributed by atoms with Crippen molar-refractivity contribution in [3.8, 4) is 11.3 Å². The first-order valence-electron chi connectivity index (χ1n) is 11.5. The molecule has 6 heteroatoms. The van der Waals surface area contributed by atoms with Gasteiger partial charge in [0.1, 0.15) is 11.6 Å². The van der Waals surface area contributed by atoms with Crippen molar-refractivity contribution in [1.29, 1.82) is 0 Å². The van der Waals surface area contributed by atoms with Crippen molar-refractivity contribution in [2.24, 2.45) is 0 Å². The maximum atomic E-state index is 5.39. The van der Waals surface area contributed by atoms with E-state index in [9.17, 15) is 0 Å². The molecule has 0 atom stereocenters. The van der Waals surface area contributed by atoms with E-state index in [4.69, 9.17) is 14.5 Å². The predicted molar refractivity (Wildman–Crippen MR) is 124 cm³/mol. The normalized spacial score (nSPS) is 18.0. The van der Waals surface area contributed by atoms with Crippen LogP contribution in [0.15, 0.2) is 34.9 Å². The van der Waals surface area contributed by atoms with Gasteiger partial charge in [0, 0.05) is 17.8 Å². The minimum absolute atomic E-state index is 0.344. The number of hydrogen-bond acceptors (Lipinski definition) is 6. The summed E-state index contributed by atoms with van der Waals surface area (Å²) in [7, 11) is 0. The molecule has 2 aliphatic rings. The zero-order chi connectivity index (χ0) is 21.4. The summed E-state index contributed by atoms with van der Waals surface area (Å²) in [5.41, 5.74) is 5.36. The fourth-order valence-electron chi connectivity index (χ4n) is 4.91. The molecule has 0 aliphatic heterocycles. The zero-order valence-electron chi connectivity index (χ0n) is 18.7. The van der Waals surface area contributed by atoms with Gasteiger partial charge in [0.2, 0.25) is 5.95 Å². The van der Waals surface area contributed by atoms with Crippen LogP contribution >= 0.6 is 0 Å². The second-order valence-electron chi connectivity index (χ2n) is 9.40. The standard InChI is InChI=1S/C25H31N5O/c1-16-23(17(2)31-30-16)21-15-22(26-19-7-4-5-8-19)29-24(28-21)27-20-11-9-18(10-12-20)25(3)13-6-14-25/h9-12,15,19H,4-8,13-14H2,1-3H3,(H2,26,27,28,29). The van der Waals surface area contributed by atoms with Crippen molar-refractivity contribution >= 4 is 17.5 Å². The quantitative estimate of drug-likeness (QED) is 0.491. The van der Waals surface area contributed by atoms with E-state index in [1.807, 2.05) is 19.9 Å². The van der Waals surface area contributed by atoms with E-state index in [0.717, 1.165) is 34.2 Å². The molecule has 3 aromatic rings. The molecule has 6 nitrogen and oxygen atoms in total. The van der Waals surface area contributed by atoms with Gasteiger partial charge in [0.25, 0.3) is 0 Å². The maximum absolute atomic E-state index is 5.39. The lowest BCUT2D eigenvalue weighted by molar-refractivity contribution is 0.272. The number of rotatable bonds is 6.